The zero-order valence-electron chi connectivity index (χ0n) is 85.1. The van der Waals surface area contributed by atoms with E-state index in [0.29, 0.717) is 48.8 Å². The van der Waals surface area contributed by atoms with E-state index in [1.54, 1.807) is 40.3 Å². The highest BCUT2D eigenvalue weighted by molar-refractivity contribution is 5.84. The molecule has 0 amide bonds. The lowest BCUT2D eigenvalue weighted by atomic mass is 9.76. The van der Waals surface area contributed by atoms with Gasteiger partial charge in [0.05, 0.1) is 60.8 Å². The fourth-order valence-electron chi connectivity index (χ4n) is 23.5. The van der Waals surface area contributed by atoms with Crippen molar-refractivity contribution in [2.24, 2.45) is 0 Å². The first-order valence-corrected chi connectivity index (χ1v) is 54.1. The molecule has 6 aliphatic carbocycles. The summed E-state index contributed by atoms with van der Waals surface area (Å²) in [4.78, 5) is 72.5. The number of rotatable bonds is 42. The van der Waals surface area contributed by atoms with Gasteiger partial charge >= 0.3 is 0 Å². The number of nitrogens with zero attached hydrogens (tertiary/aromatic N) is 12. The highest BCUT2D eigenvalue weighted by Gasteiger charge is 2.49. The quantitative estimate of drug-likeness (QED) is 0.0204. The number of likely N-dealkylation sites (tertiary alicyclic amines) is 4. The Hall–Kier alpha value is -9.32. The van der Waals surface area contributed by atoms with Gasteiger partial charge in [0, 0.05) is 224 Å². The third-order valence-corrected chi connectivity index (χ3v) is 31.6. The number of aliphatic hydroxyl groups excluding tert-OH is 2. The van der Waals surface area contributed by atoms with Crippen LogP contribution in [0.25, 0.3) is 0 Å². The van der Waals surface area contributed by atoms with Gasteiger partial charge in [0.25, 0.3) is 0 Å². The number of aliphatic hydroxyl groups is 2. The number of anilines is 2. The second-order valence-corrected chi connectivity index (χ2v) is 42.4. The highest BCUT2D eigenvalue weighted by Crippen LogP contribution is 2.51. The Morgan fingerprint density at radius 1 is 0.415 bits per heavy atom. The topological polar surface area (TPSA) is 270 Å². The molecule has 8 aromatic heterocycles. The Kier molecular flexibility index (Phi) is 37.1. The van der Waals surface area contributed by atoms with Crippen LogP contribution in [0.2, 0.25) is 0 Å². The van der Waals surface area contributed by atoms with Crippen LogP contribution in [0.4, 0.5) is 20.4 Å². The lowest BCUT2D eigenvalue weighted by Crippen LogP contribution is -2.37. The van der Waals surface area contributed by atoms with Crippen LogP contribution in [0, 0.1) is 6.92 Å². The summed E-state index contributed by atoms with van der Waals surface area (Å²) in [6, 6.07) is 30.6. The second kappa shape index (κ2) is 50.7. The fourth-order valence-corrected chi connectivity index (χ4v) is 23.5. The van der Waals surface area contributed by atoms with Crippen LogP contribution in [-0.4, -0.2) is 230 Å². The summed E-state index contributed by atoms with van der Waals surface area (Å²) < 4.78 is 62.9. The first-order chi connectivity index (χ1) is 69.2. The Bertz CT molecular complexity index is 5330. The van der Waals surface area contributed by atoms with Gasteiger partial charge in [-0.05, 0) is 332 Å². The van der Waals surface area contributed by atoms with Crippen molar-refractivity contribution in [3.05, 3.63) is 247 Å². The Morgan fingerprint density at radius 2 is 0.761 bits per heavy atom. The van der Waals surface area contributed by atoms with Gasteiger partial charge in [0.15, 0.2) is 11.6 Å². The number of pyridine rings is 8. The molecule has 8 aromatic rings. The lowest BCUT2D eigenvalue weighted by molar-refractivity contribution is -0.123. The third kappa shape index (κ3) is 27.7. The molecule has 8 fully saturated rings. The van der Waals surface area contributed by atoms with Gasteiger partial charge < -0.3 is 49.3 Å². The van der Waals surface area contributed by atoms with E-state index in [-0.39, 0.29) is 84.4 Å². The molecule has 4 saturated heterocycles. The maximum Gasteiger partial charge on any atom is 0.249 e. The van der Waals surface area contributed by atoms with Crippen molar-refractivity contribution in [3.63, 3.8) is 0 Å². The Balaban J connectivity index is 0.000000130. The molecule has 0 spiro atoms. The number of hydrogen-bond donors (Lipinski definition) is 4. The first-order valence-electron chi connectivity index (χ1n) is 54.1. The summed E-state index contributed by atoms with van der Waals surface area (Å²) in [5.74, 6) is 1.12. The van der Waals surface area contributed by atoms with Crippen LogP contribution in [0.15, 0.2) is 140 Å². The van der Waals surface area contributed by atoms with E-state index >= 15 is 0 Å². The van der Waals surface area contributed by atoms with Crippen molar-refractivity contribution < 1.29 is 57.0 Å². The van der Waals surface area contributed by atoms with Gasteiger partial charge in [-0.2, -0.15) is 0 Å². The van der Waals surface area contributed by atoms with E-state index in [1.807, 2.05) is 36.8 Å². The van der Waals surface area contributed by atoms with Gasteiger partial charge in [-0.3, -0.25) is 59.1 Å². The maximum absolute atomic E-state index is 13.5. The predicted molar refractivity (Wildman–Crippen MR) is 551 cm³/mol. The molecule has 24 nitrogen and oxygen atoms in total. The molecule has 764 valence electrons. The molecular formula is C116H156F2N14O10. The number of unbranched alkanes of at least 4 members (excludes halogenated alkanes) is 4. The summed E-state index contributed by atoms with van der Waals surface area (Å²) in [7, 11) is 3.54. The van der Waals surface area contributed by atoms with Crippen molar-refractivity contribution in [1.29, 1.82) is 0 Å². The summed E-state index contributed by atoms with van der Waals surface area (Å²) in [6.45, 7) is 24.8. The monoisotopic (exact) mass is 1940 g/mol. The molecule has 4 N–H and O–H groups in total. The van der Waals surface area contributed by atoms with Crippen molar-refractivity contribution in [2.75, 3.05) is 117 Å². The zero-order valence-corrected chi connectivity index (χ0v) is 85.1. The SMILES string of the molecule is C=C(O)C(c1cccnc1C1CC(OC)C1)N1CC[C@@H](OCCCCc2ccc3c(n2)CCCC3)C1.C=C(O)C(c1cccnc1C1CC(OC)C1)N1CC[C@@H](OCCCCc2ccc3c(n2)CCCC3)C1.CC(=O)C(c1cc(C)cnc1C1CC1)N1CC[C@@H](OCCCCc2ccc3c(n2)NCCC3)C1.CC(=O)C(c1cccnc1C1CC(F)(F)C1)N1CC[C@@H](OCCCCc2ccc3c(n2)NCCC3)C1. The molecular weight excluding hydrogens is 1790 g/mol. The molecule has 8 atom stereocenters. The van der Waals surface area contributed by atoms with Crippen molar-refractivity contribution in [1.82, 2.24) is 59.5 Å². The normalized spacial score (nSPS) is 23.3. The highest BCUT2D eigenvalue weighted by atomic mass is 19.3. The molecule has 20 rings (SSSR count). The molecule has 14 heterocycles. The van der Waals surface area contributed by atoms with Crippen LogP contribution in [-0.2, 0) is 102 Å². The van der Waals surface area contributed by atoms with Gasteiger partial charge in [-0.15, -0.1) is 0 Å². The van der Waals surface area contributed by atoms with Gasteiger partial charge in [0.2, 0.25) is 5.92 Å². The van der Waals surface area contributed by atoms with Crippen molar-refractivity contribution in [3.8, 4) is 0 Å². The number of Topliss-reactive ketones (excluding diaryl/α,β-unsaturated/α-hetero) is 2. The van der Waals surface area contributed by atoms with Crippen molar-refractivity contribution in [2.45, 2.75) is 342 Å². The number of hydrogen-bond acceptors (Lipinski definition) is 24. The standard InChI is InChI=1S/2C30H41N3O3.C28H36F2N4O2.C28H38N4O2/c2*1-21(34)30(27-10-7-15-31-29(27)23-18-26(19-23)35-2)33-16-14-25(20-33)36-17-6-5-9-24-13-12-22-8-3-4-11-28(22)32-24;1-19(35)26(24-8-5-12-31-25(24)21-16-28(29,30)17-21)34-14-11-23(18-34)36-15-3-2-7-22-10-9-20-6-4-13-32-27(20)33-22;1-19-16-25(26(30-17-19)21-8-9-21)27(20(2)33)32-14-12-24(18-32)34-15-4-3-7-23-11-10-22-6-5-13-29-28(22)31-23/h2*7,10,12-13,15,23,25-26,30,34H,1,3-6,8-9,11,14,16-20H2,2H3;5,8-10,12,21,23,26H,2-4,6-7,11,13-18H2,1H3,(H,32,33);10-11,16-17,21,24,27H,3-9,12-15,18H2,1-2H3,(H,29,31)/t2*23?,25-,26?,30?;23-,26?;24-,27?/m1111/s1. The molecule has 4 unspecified atom stereocenters. The summed E-state index contributed by atoms with van der Waals surface area (Å²) in [5.41, 5.74) is 22.1. The molecule has 0 aromatic carbocycles. The molecule has 26 heteroatoms. The zero-order chi connectivity index (χ0) is 98.4. The second-order valence-electron chi connectivity index (χ2n) is 42.4. The molecule has 0 bridgehead atoms. The molecule has 142 heavy (non-hydrogen) atoms. The van der Waals surface area contributed by atoms with Gasteiger partial charge in [-0.1, -0.05) is 61.7 Å². The van der Waals surface area contributed by atoms with Crippen LogP contribution < -0.4 is 10.6 Å². The van der Waals surface area contributed by atoms with Crippen LogP contribution in [0.5, 0.6) is 0 Å². The number of aryl methyl sites for hydroxylation is 11. The van der Waals surface area contributed by atoms with E-state index in [4.69, 9.17) is 63.3 Å². The number of ketones is 2. The molecule has 6 aliphatic heterocycles. The number of ether oxygens (including phenoxy) is 6. The Morgan fingerprint density at radius 3 is 1.13 bits per heavy atom. The number of halogens is 2. The van der Waals surface area contributed by atoms with E-state index in [1.165, 1.54) is 115 Å². The summed E-state index contributed by atoms with van der Waals surface area (Å²) >= 11 is 0. The number of carbonyl (C=O) groups is 2. The van der Waals surface area contributed by atoms with E-state index in [9.17, 15) is 28.6 Å². The van der Waals surface area contributed by atoms with E-state index in [2.05, 4.69) is 122 Å². The van der Waals surface area contributed by atoms with Gasteiger partial charge in [-0.25, -0.2) is 18.7 Å². The molecule has 0 radical (unpaired) electrons. The largest absolute Gasteiger partial charge is 0.511 e. The van der Waals surface area contributed by atoms with Crippen LogP contribution in [0.3, 0.4) is 0 Å². The minimum absolute atomic E-state index is 0.0167. The predicted octanol–water partition coefficient (Wildman–Crippen LogP) is 20.8. The minimum atomic E-state index is -2.62. The van der Waals surface area contributed by atoms with Crippen LogP contribution in [0.1, 0.15) is 336 Å². The third-order valence-electron chi connectivity index (χ3n) is 31.6. The number of methoxy groups -OCH3 is 2. The van der Waals surface area contributed by atoms with Crippen molar-refractivity contribution >= 4 is 23.2 Å². The smallest absolute Gasteiger partial charge is 0.249 e. The summed E-state index contributed by atoms with van der Waals surface area (Å²) in [5, 5.41) is 28.0. The van der Waals surface area contributed by atoms with Gasteiger partial charge in [0.1, 0.15) is 23.2 Å². The number of nitrogens with one attached hydrogen (secondary N) is 2. The average Bonchev–Trinajstić information content (AvgIpc) is 0.943. The summed E-state index contributed by atoms with van der Waals surface area (Å²) in [6.07, 6.45) is 45.1. The number of fused-ring (bicyclic) bond motifs is 4. The van der Waals surface area contributed by atoms with E-state index in [0.717, 1.165) is 295 Å². The molecule has 12 aliphatic rings. The average molecular weight is 1940 g/mol. The van der Waals surface area contributed by atoms with Crippen LogP contribution >= 0.6 is 0 Å². The molecule has 4 saturated carbocycles. The number of alkyl halides is 2. The maximum atomic E-state index is 13.5. The number of aromatic nitrogens is 8. The van der Waals surface area contributed by atoms with E-state index < -0.39 is 12.0 Å². The Labute approximate surface area is 841 Å². The minimum Gasteiger partial charge on any atom is -0.511 e. The lowest BCUT2D eigenvalue weighted by Gasteiger charge is -2.37. The fraction of sp³-hybridized carbons (Fsp3) is 0.603. The number of carbonyl (C=O) groups excluding carboxylic acids is 2. The first kappa shape index (κ1) is 104.